The zero-order valence-electron chi connectivity index (χ0n) is 14.6. The van der Waals surface area contributed by atoms with E-state index in [9.17, 15) is 9.18 Å². The molecular weight excluding hydrogens is 355 g/mol. The number of halogens is 2. The summed E-state index contributed by atoms with van der Waals surface area (Å²) in [6.07, 6.45) is 2.26. The van der Waals surface area contributed by atoms with Gasteiger partial charge < -0.3 is 9.80 Å². The number of benzene rings is 1. The lowest BCUT2D eigenvalue weighted by Crippen LogP contribution is -2.47. The van der Waals surface area contributed by atoms with E-state index in [1.807, 2.05) is 4.90 Å². The van der Waals surface area contributed by atoms with Crippen molar-refractivity contribution in [3.05, 3.63) is 46.6 Å². The van der Waals surface area contributed by atoms with Crippen molar-refractivity contribution in [2.45, 2.75) is 25.7 Å². The van der Waals surface area contributed by atoms with Crippen LogP contribution in [-0.2, 0) is 0 Å². The van der Waals surface area contributed by atoms with Gasteiger partial charge in [0.2, 0.25) is 0 Å². The summed E-state index contributed by atoms with van der Waals surface area (Å²) in [6.45, 7) is 4.25. The summed E-state index contributed by atoms with van der Waals surface area (Å²) in [5.41, 5.74) is 0.933. The fourth-order valence-electron chi connectivity index (χ4n) is 3.27. The average molecular weight is 375 g/mol. The highest BCUT2D eigenvalue weighted by molar-refractivity contribution is 6.29. The van der Waals surface area contributed by atoms with Crippen molar-refractivity contribution in [2.24, 2.45) is 0 Å². The molecule has 0 atom stereocenters. The van der Waals surface area contributed by atoms with Crippen molar-refractivity contribution in [3.8, 4) is 0 Å². The van der Waals surface area contributed by atoms with Crippen molar-refractivity contribution in [2.75, 3.05) is 36.0 Å². The molecule has 1 saturated heterocycles. The zero-order valence-corrected chi connectivity index (χ0v) is 15.3. The van der Waals surface area contributed by atoms with E-state index in [0.29, 0.717) is 35.4 Å². The molecule has 0 unspecified atom stereocenters. The molecule has 4 rings (SSSR count). The highest BCUT2D eigenvalue weighted by atomic mass is 35.5. The molecule has 0 N–H and O–H groups in total. The van der Waals surface area contributed by atoms with E-state index in [1.165, 1.54) is 13.0 Å². The topological polar surface area (TPSA) is 49.3 Å². The Bertz CT molecular complexity index is 847. The van der Waals surface area contributed by atoms with Gasteiger partial charge in [-0.15, -0.1) is 0 Å². The van der Waals surface area contributed by atoms with Crippen LogP contribution in [0.4, 0.5) is 15.9 Å². The van der Waals surface area contributed by atoms with Gasteiger partial charge >= 0.3 is 0 Å². The molecular formula is C19H20ClFN4O. The van der Waals surface area contributed by atoms with E-state index >= 15 is 0 Å². The van der Waals surface area contributed by atoms with Crippen LogP contribution in [0.1, 0.15) is 41.9 Å². The number of rotatable bonds is 4. The van der Waals surface area contributed by atoms with Crippen LogP contribution in [-0.4, -0.2) is 41.9 Å². The van der Waals surface area contributed by atoms with E-state index < -0.39 is 0 Å². The van der Waals surface area contributed by atoms with Crippen molar-refractivity contribution in [1.82, 2.24) is 9.97 Å². The summed E-state index contributed by atoms with van der Waals surface area (Å²) in [7, 11) is 0. The first-order valence-electron chi connectivity index (χ1n) is 8.86. The van der Waals surface area contributed by atoms with Gasteiger partial charge in [0.1, 0.15) is 22.6 Å². The first-order chi connectivity index (χ1) is 12.5. The van der Waals surface area contributed by atoms with E-state index in [-0.39, 0.29) is 11.6 Å². The number of hydrogen-bond acceptors (Lipinski definition) is 5. The van der Waals surface area contributed by atoms with Gasteiger partial charge in [-0.3, -0.25) is 4.79 Å². The first kappa shape index (κ1) is 17.2. The van der Waals surface area contributed by atoms with Crippen LogP contribution < -0.4 is 9.80 Å². The summed E-state index contributed by atoms with van der Waals surface area (Å²) in [6, 6.07) is 6.48. The van der Waals surface area contributed by atoms with Gasteiger partial charge in [-0.05, 0) is 38.0 Å². The van der Waals surface area contributed by atoms with E-state index in [1.54, 1.807) is 18.2 Å². The minimum Gasteiger partial charge on any atom is -0.366 e. The molecule has 5 nitrogen and oxygen atoms in total. The Morgan fingerprint density at radius 1 is 1.12 bits per heavy atom. The number of aromatic nitrogens is 2. The van der Waals surface area contributed by atoms with Gasteiger partial charge in [-0.25, -0.2) is 14.4 Å². The lowest BCUT2D eigenvalue weighted by atomic mass is 10.1. The Balaban J connectivity index is 1.47. The molecule has 26 heavy (non-hydrogen) atoms. The zero-order chi connectivity index (χ0) is 18.3. The molecule has 1 aliphatic heterocycles. The van der Waals surface area contributed by atoms with Crippen LogP contribution in [0.2, 0.25) is 5.15 Å². The maximum absolute atomic E-state index is 14.4. The van der Waals surface area contributed by atoms with Crippen LogP contribution >= 0.6 is 11.6 Å². The van der Waals surface area contributed by atoms with Gasteiger partial charge in [-0.1, -0.05) is 11.6 Å². The number of carbonyl (C=O) groups excluding carboxylic acids is 1. The largest absolute Gasteiger partial charge is 0.366 e. The Hall–Kier alpha value is -2.21. The second-order valence-corrected chi connectivity index (χ2v) is 7.27. The molecule has 1 aromatic carbocycles. The van der Waals surface area contributed by atoms with Gasteiger partial charge in [-0.2, -0.15) is 0 Å². The summed E-state index contributed by atoms with van der Waals surface area (Å²) in [5.74, 6) is 1.64. The fourth-order valence-corrected chi connectivity index (χ4v) is 3.45. The molecule has 1 aromatic heterocycles. The summed E-state index contributed by atoms with van der Waals surface area (Å²) >= 11 is 6.16. The van der Waals surface area contributed by atoms with Crippen molar-refractivity contribution in [3.63, 3.8) is 0 Å². The molecule has 2 heterocycles. The predicted molar refractivity (Wildman–Crippen MR) is 99.8 cm³/mol. The predicted octanol–water partition coefficient (Wildman–Crippen LogP) is 3.68. The Morgan fingerprint density at radius 3 is 2.42 bits per heavy atom. The standard InChI is InChI=1S/C19H20ClFN4O/c1-12(26)14-4-5-16(15(21)10-14)24-6-8-25(9-7-24)18-11-17(20)22-19(23-18)13-2-3-13/h4-5,10-11,13H,2-3,6-9H2,1H3. The number of Topliss-reactive ketones (excluding diaryl/α,β-unsaturated/α-hetero) is 1. The Morgan fingerprint density at radius 2 is 1.81 bits per heavy atom. The first-order valence-corrected chi connectivity index (χ1v) is 9.24. The fraction of sp³-hybridized carbons (Fsp3) is 0.421. The molecule has 0 amide bonds. The Kier molecular flexibility index (Phi) is 4.53. The number of ketones is 1. The van der Waals surface area contributed by atoms with E-state index in [2.05, 4.69) is 14.9 Å². The third-order valence-electron chi connectivity index (χ3n) is 4.94. The minimum atomic E-state index is -0.354. The van der Waals surface area contributed by atoms with Crippen molar-refractivity contribution < 1.29 is 9.18 Å². The highest BCUT2D eigenvalue weighted by Gasteiger charge is 2.28. The van der Waals surface area contributed by atoms with Gasteiger partial charge in [0, 0.05) is 43.7 Å². The monoisotopic (exact) mass is 374 g/mol. The maximum Gasteiger partial charge on any atom is 0.159 e. The van der Waals surface area contributed by atoms with Crippen LogP contribution in [0.15, 0.2) is 24.3 Å². The van der Waals surface area contributed by atoms with Gasteiger partial charge in [0.25, 0.3) is 0 Å². The van der Waals surface area contributed by atoms with E-state index in [0.717, 1.165) is 37.6 Å². The number of carbonyl (C=O) groups is 1. The number of hydrogen-bond donors (Lipinski definition) is 0. The number of nitrogens with zero attached hydrogens (tertiary/aromatic N) is 4. The average Bonchev–Trinajstić information content (AvgIpc) is 3.46. The molecule has 0 radical (unpaired) electrons. The minimum absolute atomic E-state index is 0.132. The third-order valence-corrected chi connectivity index (χ3v) is 5.13. The van der Waals surface area contributed by atoms with Crippen molar-refractivity contribution in [1.29, 1.82) is 0 Å². The highest BCUT2D eigenvalue weighted by Crippen LogP contribution is 2.39. The SMILES string of the molecule is CC(=O)c1ccc(N2CCN(c3cc(Cl)nc(C4CC4)n3)CC2)c(F)c1. The molecule has 2 fully saturated rings. The lowest BCUT2D eigenvalue weighted by Gasteiger charge is -2.37. The molecule has 0 bridgehead atoms. The lowest BCUT2D eigenvalue weighted by molar-refractivity contribution is 0.101. The Labute approximate surface area is 156 Å². The second kappa shape index (κ2) is 6.83. The second-order valence-electron chi connectivity index (χ2n) is 6.88. The number of piperazine rings is 1. The van der Waals surface area contributed by atoms with E-state index in [4.69, 9.17) is 11.6 Å². The molecule has 1 saturated carbocycles. The smallest absolute Gasteiger partial charge is 0.159 e. The van der Waals surface area contributed by atoms with Crippen LogP contribution in [0.3, 0.4) is 0 Å². The van der Waals surface area contributed by atoms with Crippen LogP contribution in [0, 0.1) is 5.82 Å². The van der Waals surface area contributed by atoms with Crippen molar-refractivity contribution >= 4 is 28.9 Å². The van der Waals surface area contributed by atoms with Gasteiger partial charge in [0.05, 0.1) is 5.69 Å². The molecule has 2 aromatic rings. The normalized spacial score (nSPS) is 17.5. The van der Waals surface area contributed by atoms with Gasteiger partial charge in [0.15, 0.2) is 5.78 Å². The number of anilines is 2. The quantitative estimate of drug-likeness (QED) is 0.603. The molecule has 1 aliphatic carbocycles. The summed E-state index contributed by atoms with van der Waals surface area (Å²) < 4.78 is 14.4. The summed E-state index contributed by atoms with van der Waals surface area (Å²) in [4.78, 5) is 24.5. The summed E-state index contributed by atoms with van der Waals surface area (Å²) in [5, 5.41) is 0.477. The van der Waals surface area contributed by atoms with Crippen LogP contribution in [0.5, 0.6) is 0 Å². The van der Waals surface area contributed by atoms with Crippen LogP contribution in [0.25, 0.3) is 0 Å². The molecule has 7 heteroatoms. The molecule has 136 valence electrons. The molecule has 0 spiro atoms. The maximum atomic E-state index is 14.4. The third kappa shape index (κ3) is 3.51. The molecule has 2 aliphatic rings.